The molecule has 0 radical (unpaired) electrons. The molecule has 0 amide bonds. The molecule has 17 heavy (non-hydrogen) atoms. The summed E-state index contributed by atoms with van der Waals surface area (Å²) in [5, 5.41) is 9.65. The number of pyridine rings is 1. The van der Waals surface area contributed by atoms with Crippen molar-refractivity contribution < 1.29 is 0 Å². The van der Waals surface area contributed by atoms with Crippen LogP contribution in [-0.4, -0.2) is 12.0 Å². The van der Waals surface area contributed by atoms with Crippen LogP contribution in [0, 0.1) is 11.3 Å². The van der Waals surface area contributed by atoms with Gasteiger partial charge in [-0.05, 0) is 30.3 Å². The van der Waals surface area contributed by atoms with E-state index in [0.717, 1.165) is 11.4 Å². The minimum absolute atomic E-state index is 0.545. The van der Waals surface area contributed by atoms with Crippen LogP contribution < -0.4 is 4.90 Å². The molecule has 0 fully saturated rings. The van der Waals surface area contributed by atoms with Gasteiger partial charge >= 0.3 is 0 Å². The summed E-state index contributed by atoms with van der Waals surface area (Å²) in [7, 11) is 1.89. The Bertz CT molecular complexity index is 561. The summed E-state index contributed by atoms with van der Waals surface area (Å²) in [5.74, 6) is 0. The highest BCUT2D eigenvalue weighted by Crippen LogP contribution is 2.28. The second-order valence-corrected chi connectivity index (χ2v) is 3.98. The third-order valence-corrected chi connectivity index (χ3v) is 2.71. The third-order valence-electron chi connectivity index (χ3n) is 2.47. The van der Waals surface area contributed by atoms with E-state index >= 15 is 0 Å². The van der Waals surface area contributed by atoms with Gasteiger partial charge < -0.3 is 4.90 Å². The first-order valence-corrected chi connectivity index (χ1v) is 5.43. The summed E-state index contributed by atoms with van der Waals surface area (Å²) < 4.78 is 0. The van der Waals surface area contributed by atoms with Crippen molar-refractivity contribution in [3.05, 3.63) is 53.3 Å². The van der Waals surface area contributed by atoms with Crippen LogP contribution in [0.1, 0.15) is 5.56 Å². The number of rotatable bonds is 2. The van der Waals surface area contributed by atoms with Gasteiger partial charge in [-0.15, -0.1) is 0 Å². The summed E-state index contributed by atoms with van der Waals surface area (Å²) in [4.78, 5) is 5.96. The number of anilines is 2. The van der Waals surface area contributed by atoms with Crippen molar-refractivity contribution in [2.24, 2.45) is 0 Å². The largest absolute Gasteiger partial charge is 0.342 e. The molecule has 1 aromatic heterocycles. The Morgan fingerprint density at radius 1 is 1.35 bits per heavy atom. The summed E-state index contributed by atoms with van der Waals surface area (Å²) in [6, 6.07) is 11.2. The summed E-state index contributed by atoms with van der Waals surface area (Å²) in [6.07, 6.45) is 3.46. The predicted molar refractivity (Wildman–Crippen MR) is 68.5 cm³/mol. The standard InChI is InChI=1S/C13H10ClN3/c1-17(12-3-2-6-16-9-12)13-5-4-11(14)7-10(13)8-15/h2-7,9H,1H3. The molecule has 1 heterocycles. The fraction of sp³-hybridized carbons (Fsp3) is 0.0769. The minimum atomic E-state index is 0.545. The Kier molecular flexibility index (Phi) is 3.27. The van der Waals surface area contributed by atoms with E-state index in [1.165, 1.54) is 0 Å². The van der Waals surface area contributed by atoms with Gasteiger partial charge in [0.05, 0.1) is 23.1 Å². The van der Waals surface area contributed by atoms with Crippen molar-refractivity contribution in [2.75, 3.05) is 11.9 Å². The highest BCUT2D eigenvalue weighted by Gasteiger charge is 2.09. The Morgan fingerprint density at radius 2 is 2.18 bits per heavy atom. The average molecular weight is 244 g/mol. The fourth-order valence-electron chi connectivity index (χ4n) is 1.58. The minimum Gasteiger partial charge on any atom is -0.342 e. The first kappa shape index (κ1) is 11.4. The van der Waals surface area contributed by atoms with Crippen molar-refractivity contribution in [1.29, 1.82) is 5.26 Å². The quantitative estimate of drug-likeness (QED) is 0.812. The first-order valence-electron chi connectivity index (χ1n) is 5.06. The van der Waals surface area contributed by atoms with Crippen molar-refractivity contribution in [3.8, 4) is 6.07 Å². The second-order valence-electron chi connectivity index (χ2n) is 3.54. The van der Waals surface area contributed by atoms with Crippen molar-refractivity contribution >= 4 is 23.0 Å². The zero-order valence-electron chi connectivity index (χ0n) is 9.26. The van der Waals surface area contributed by atoms with Crippen molar-refractivity contribution in [1.82, 2.24) is 4.98 Å². The lowest BCUT2D eigenvalue weighted by Crippen LogP contribution is -2.11. The Morgan fingerprint density at radius 3 is 2.82 bits per heavy atom. The molecule has 2 aromatic rings. The van der Waals surface area contributed by atoms with Crippen LogP contribution in [0.25, 0.3) is 0 Å². The van der Waals surface area contributed by atoms with Gasteiger partial charge in [0, 0.05) is 18.3 Å². The smallest absolute Gasteiger partial charge is 0.101 e. The maximum absolute atomic E-state index is 9.09. The van der Waals surface area contributed by atoms with Gasteiger partial charge in [0.2, 0.25) is 0 Å². The molecule has 1 aromatic carbocycles. The summed E-state index contributed by atoms with van der Waals surface area (Å²) in [5.41, 5.74) is 2.28. The van der Waals surface area contributed by atoms with Gasteiger partial charge in [0.1, 0.15) is 6.07 Å². The average Bonchev–Trinajstić information content (AvgIpc) is 2.39. The maximum Gasteiger partial charge on any atom is 0.101 e. The highest BCUT2D eigenvalue weighted by atomic mass is 35.5. The van der Waals surface area contributed by atoms with Crippen molar-refractivity contribution in [2.45, 2.75) is 0 Å². The molecule has 84 valence electrons. The van der Waals surface area contributed by atoms with Gasteiger partial charge in [0.15, 0.2) is 0 Å². The van der Waals surface area contributed by atoms with E-state index in [4.69, 9.17) is 16.9 Å². The Balaban J connectivity index is 2.45. The van der Waals surface area contributed by atoms with E-state index in [0.29, 0.717) is 10.6 Å². The molecule has 0 N–H and O–H groups in total. The highest BCUT2D eigenvalue weighted by molar-refractivity contribution is 6.30. The van der Waals surface area contributed by atoms with Crippen LogP contribution in [0.5, 0.6) is 0 Å². The number of benzene rings is 1. The zero-order chi connectivity index (χ0) is 12.3. The maximum atomic E-state index is 9.09. The summed E-state index contributed by atoms with van der Waals surface area (Å²) in [6.45, 7) is 0. The SMILES string of the molecule is CN(c1cccnc1)c1ccc(Cl)cc1C#N. The molecular weight excluding hydrogens is 234 g/mol. The molecule has 2 rings (SSSR count). The van der Waals surface area contributed by atoms with E-state index in [-0.39, 0.29) is 0 Å². The van der Waals surface area contributed by atoms with Crippen molar-refractivity contribution in [3.63, 3.8) is 0 Å². The van der Waals surface area contributed by atoms with E-state index in [1.807, 2.05) is 30.1 Å². The predicted octanol–water partition coefficient (Wildman–Crippen LogP) is 3.37. The summed E-state index contributed by atoms with van der Waals surface area (Å²) >= 11 is 5.86. The monoisotopic (exact) mass is 243 g/mol. The fourth-order valence-corrected chi connectivity index (χ4v) is 1.75. The van der Waals surface area contributed by atoms with Crippen LogP contribution in [0.3, 0.4) is 0 Å². The van der Waals surface area contributed by atoms with Gasteiger partial charge in [-0.2, -0.15) is 5.26 Å². The Hall–Kier alpha value is -2.05. The van der Waals surface area contributed by atoms with Crippen LogP contribution in [-0.2, 0) is 0 Å². The number of nitrogens with zero attached hydrogens (tertiary/aromatic N) is 3. The molecule has 0 aliphatic rings. The lowest BCUT2D eigenvalue weighted by atomic mass is 10.1. The number of nitriles is 1. The number of hydrogen-bond donors (Lipinski definition) is 0. The van der Waals surface area contributed by atoms with E-state index in [2.05, 4.69) is 11.1 Å². The molecule has 0 saturated heterocycles. The van der Waals surface area contributed by atoms with Crippen LogP contribution in [0.2, 0.25) is 5.02 Å². The molecule has 0 spiro atoms. The molecule has 0 aliphatic carbocycles. The number of hydrogen-bond acceptors (Lipinski definition) is 3. The van der Waals surface area contributed by atoms with Gasteiger partial charge in [-0.1, -0.05) is 11.6 Å². The molecule has 0 bridgehead atoms. The number of aromatic nitrogens is 1. The van der Waals surface area contributed by atoms with E-state index in [1.54, 1.807) is 24.5 Å². The normalized spacial score (nSPS) is 9.71. The molecule has 0 aliphatic heterocycles. The van der Waals surface area contributed by atoms with Crippen LogP contribution in [0.4, 0.5) is 11.4 Å². The molecule has 0 saturated carbocycles. The van der Waals surface area contributed by atoms with Gasteiger partial charge in [0.25, 0.3) is 0 Å². The van der Waals surface area contributed by atoms with Gasteiger partial charge in [-0.25, -0.2) is 0 Å². The van der Waals surface area contributed by atoms with E-state index in [9.17, 15) is 0 Å². The topological polar surface area (TPSA) is 39.9 Å². The zero-order valence-corrected chi connectivity index (χ0v) is 10.0. The second kappa shape index (κ2) is 4.86. The lowest BCUT2D eigenvalue weighted by molar-refractivity contribution is 1.17. The van der Waals surface area contributed by atoms with E-state index < -0.39 is 0 Å². The molecule has 0 atom stereocenters. The molecule has 4 heteroatoms. The first-order chi connectivity index (χ1) is 8.22. The Labute approximate surface area is 105 Å². The van der Waals surface area contributed by atoms with Crippen LogP contribution >= 0.6 is 11.6 Å². The third kappa shape index (κ3) is 2.38. The molecule has 3 nitrogen and oxygen atoms in total. The van der Waals surface area contributed by atoms with Crippen LogP contribution in [0.15, 0.2) is 42.7 Å². The molecular formula is C13H10ClN3. The molecule has 0 unspecified atom stereocenters. The number of halogens is 1. The lowest BCUT2D eigenvalue weighted by Gasteiger charge is -2.20. The van der Waals surface area contributed by atoms with Gasteiger partial charge in [-0.3, -0.25) is 4.98 Å².